The number of likely N-dealkylation sites (tertiary alicyclic amines) is 1. The minimum atomic E-state index is -0.379. The zero-order valence-corrected chi connectivity index (χ0v) is 13.5. The van der Waals surface area contributed by atoms with E-state index in [1.807, 2.05) is 18.3 Å². The molecule has 23 heavy (non-hydrogen) atoms. The highest BCUT2D eigenvalue weighted by molar-refractivity contribution is 5.18. The summed E-state index contributed by atoms with van der Waals surface area (Å²) in [6.45, 7) is 4.43. The minimum Gasteiger partial charge on any atom is -0.391 e. The number of piperidine rings is 1. The number of hydrogen-bond acceptors (Lipinski definition) is 3. The molecule has 3 nitrogen and oxygen atoms in total. The number of hydrogen-bond donors (Lipinski definition) is 1. The van der Waals surface area contributed by atoms with Crippen LogP contribution in [0.2, 0.25) is 0 Å². The van der Waals surface area contributed by atoms with Crippen LogP contribution in [-0.2, 0) is 13.0 Å². The molecule has 1 aromatic carbocycles. The van der Waals surface area contributed by atoms with Crippen LogP contribution in [0.25, 0.3) is 0 Å². The van der Waals surface area contributed by atoms with E-state index >= 15 is 0 Å². The van der Waals surface area contributed by atoms with Crippen molar-refractivity contribution in [2.24, 2.45) is 5.92 Å². The highest BCUT2D eigenvalue weighted by Crippen LogP contribution is 2.24. The second-order valence-electron chi connectivity index (χ2n) is 6.45. The van der Waals surface area contributed by atoms with Crippen molar-refractivity contribution >= 4 is 0 Å². The molecule has 0 amide bonds. The Labute approximate surface area is 136 Å². The zero-order valence-electron chi connectivity index (χ0n) is 13.5. The first-order valence-electron chi connectivity index (χ1n) is 8.17. The fraction of sp³-hybridized carbons (Fsp3) is 0.421. The van der Waals surface area contributed by atoms with Gasteiger partial charge in [0.15, 0.2) is 0 Å². The summed E-state index contributed by atoms with van der Waals surface area (Å²) in [4.78, 5) is 6.68. The van der Waals surface area contributed by atoms with E-state index in [-0.39, 0.29) is 17.8 Å². The van der Waals surface area contributed by atoms with Gasteiger partial charge in [-0.2, -0.15) is 0 Å². The van der Waals surface area contributed by atoms with Crippen LogP contribution in [0.4, 0.5) is 4.39 Å². The van der Waals surface area contributed by atoms with E-state index < -0.39 is 0 Å². The van der Waals surface area contributed by atoms with Gasteiger partial charge < -0.3 is 5.11 Å². The summed E-state index contributed by atoms with van der Waals surface area (Å²) in [7, 11) is 0. The Morgan fingerprint density at radius 1 is 1.30 bits per heavy atom. The second-order valence-corrected chi connectivity index (χ2v) is 6.45. The molecule has 1 aliphatic heterocycles. The third kappa shape index (κ3) is 4.15. The van der Waals surface area contributed by atoms with Gasteiger partial charge in [0.2, 0.25) is 0 Å². The SMILES string of the molecule is Cc1cccnc1CN1CC[C@H](Cc2cccc(F)c2)[C@H](O)C1. The van der Waals surface area contributed by atoms with E-state index in [2.05, 4.69) is 22.9 Å². The predicted molar refractivity (Wildman–Crippen MR) is 88.5 cm³/mol. The lowest BCUT2D eigenvalue weighted by Crippen LogP contribution is -2.44. The molecule has 0 unspecified atom stereocenters. The molecule has 3 rings (SSSR count). The van der Waals surface area contributed by atoms with E-state index in [9.17, 15) is 9.50 Å². The maximum Gasteiger partial charge on any atom is 0.123 e. The number of benzene rings is 1. The molecule has 0 aliphatic carbocycles. The van der Waals surface area contributed by atoms with Gasteiger partial charge in [-0.15, -0.1) is 0 Å². The normalized spacial score (nSPS) is 22.2. The van der Waals surface area contributed by atoms with E-state index in [1.165, 1.54) is 11.6 Å². The third-order valence-electron chi connectivity index (χ3n) is 4.68. The number of nitrogens with zero attached hydrogens (tertiary/aromatic N) is 2. The molecular weight excluding hydrogens is 291 g/mol. The lowest BCUT2D eigenvalue weighted by Gasteiger charge is -2.36. The lowest BCUT2D eigenvalue weighted by molar-refractivity contribution is 0.0182. The molecule has 2 heterocycles. The van der Waals surface area contributed by atoms with E-state index in [1.54, 1.807) is 12.1 Å². The number of β-amino-alcohol motifs (C(OH)–C–C–N with tert-alkyl or cyclic N) is 1. The second kappa shape index (κ2) is 7.20. The molecule has 1 aromatic heterocycles. The fourth-order valence-corrected chi connectivity index (χ4v) is 3.29. The van der Waals surface area contributed by atoms with Gasteiger partial charge >= 0.3 is 0 Å². The van der Waals surface area contributed by atoms with E-state index in [0.29, 0.717) is 6.54 Å². The van der Waals surface area contributed by atoms with Crippen LogP contribution in [0, 0.1) is 18.7 Å². The Kier molecular flexibility index (Phi) is 5.03. The van der Waals surface area contributed by atoms with E-state index in [0.717, 1.165) is 37.2 Å². The summed E-state index contributed by atoms with van der Waals surface area (Å²) >= 11 is 0. The Bertz CT molecular complexity index is 661. The van der Waals surface area contributed by atoms with Crippen LogP contribution < -0.4 is 0 Å². The van der Waals surface area contributed by atoms with Crippen molar-refractivity contribution in [1.82, 2.24) is 9.88 Å². The summed E-state index contributed by atoms with van der Waals surface area (Å²) in [5.41, 5.74) is 3.22. The highest BCUT2D eigenvalue weighted by Gasteiger charge is 2.28. The first-order valence-corrected chi connectivity index (χ1v) is 8.17. The van der Waals surface area contributed by atoms with Crippen molar-refractivity contribution in [2.45, 2.75) is 32.4 Å². The molecule has 0 spiro atoms. The number of aliphatic hydroxyl groups excluding tert-OH is 1. The van der Waals surface area contributed by atoms with Crippen molar-refractivity contribution in [1.29, 1.82) is 0 Å². The van der Waals surface area contributed by atoms with Crippen molar-refractivity contribution in [3.8, 4) is 0 Å². The molecule has 1 fully saturated rings. The maximum atomic E-state index is 13.3. The Morgan fingerprint density at radius 3 is 2.91 bits per heavy atom. The largest absolute Gasteiger partial charge is 0.391 e. The van der Waals surface area contributed by atoms with Crippen LogP contribution in [0.5, 0.6) is 0 Å². The van der Waals surface area contributed by atoms with Gasteiger partial charge in [0, 0.05) is 19.3 Å². The van der Waals surface area contributed by atoms with Crippen LogP contribution in [0.15, 0.2) is 42.6 Å². The smallest absolute Gasteiger partial charge is 0.123 e. The third-order valence-corrected chi connectivity index (χ3v) is 4.68. The van der Waals surface area contributed by atoms with Crippen molar-refractivity contribution < 1.29 is 9.50 Å². The standard InChI is InChI=1S/C19H23FN2O/c1-14-4-3-8-21-18(14)12-22-9-7-16(19(23)13-22)10-15-5-2-6-17(20)11-15/h2-6,8,11,16,19,23H,7,9-10,12-13H2,1H3/t16-,19-/m1/s1. The maximum absolute atomic E-state index is 13.3. The van der Waals surface area contributed by atoms with Gasteiger partial charge in [0.25, 0.3) is 0 Å². The summed E-state index contributed by atoms with van der Waals surface area (Å²) in [5.74, 6) is -0.0158. The summed E-state index contributed by atoms with van der Waals surface area (Å²) in [6.07, 6.45) is 3.09. The van der Waals surface area contributed by atoms with Gasteiger partial charge in [-0.3, -0.25) is 9.88 Å². The summed E-state index contributed by atoms with van der Waals surface area (Å²) in [6, 6.07) is 10.7. The molecule has 2 aromatic rings. The van der Waals surface area contributed by atoms with Gasteiger partial charge in [0.1, 0.15) is 5.82 Å². The number of pyridine rings is 1. The van der Waals surface area contributed by atoms with Crippen molar-refractivity contribution in [2.75, 3.05) is 13.1 Å². The number of aromatic nitrogens is 1. The van der Waals surface area contributed by atoms with Crippen LogP contribution in [0.1, 0.15) is 23.2 Å². The molecule has 1 aliphatic rings. The quantitative estimate of drug-likeness (QED) is 0.942. The highest BCUT2D eigenvalue weighted by atomic mass is 19.1. The van der Waals surface area contributed by atoms with Crippen LogP contribution in [-0.4, -0.2) is 34.2 Å². The number of rotatable bonds is 4. The molecule has 4 heteroatoms. The van der Waals surface area contributed by atoms with Gasteiger partial charge in [-0.1, -0.05) is 18.2 Å². The first-order chi connectivity index (χ1) is 11.1. The topological polar surface area (TPSA) is 36.4 Å². The van der Waals surface area contributed by atoms with Gasteiger partial charge in [-0.05, 0) is 61.6 Å². The van der Waals surface area contributed by atoms with Gasteiger partial charge in [0.05, 0.1) is 11.8 Å². The first kappa shape index (κ1) is 16.1. The number of halogens is 1. The van der Waals surface area contributed by atoms with Crippen LogP contribution >= 0.6 is 0 Å². The molecule has 0 saturated carbocycles. The molecule has 2 atom stereocenters. The van der Waals surface area contributed by atoms with Crippen LogP contribution in [0.3, 0.4) is 0 Å². The Morgan fingerprint density at radius 2 is 2.17 bits per heavy atom. The van der Waals surface area contributed by atoms with Gasteiger partial charge in [-0.25, -0.2) is 4.39 Å². The molecular formula is C19H23FN2O. The molecule has 0 bridgehead atoms. The van der Waals surface area contributed by atoms with Crippen molar-refractivity contribution in [3.63, 3.8) is 0 Å². The number of aliphatic hydroxyl groups is 1. The molecule has 0 radical (unpaired) electrons. The zero-order chi connectivity index (χ0) is 16.2. The summed E-state index contributed by atoms with van der Waals surface area (Å²) in [5, 5.41) is 10.5. The Hall–Kier alpha value is -1.78. The monoisotopic (exact) mass is 314 g/mol. The predicted octanol–water partition coefficient (Wildman–Crippen LogP) is 2.95. The summed E-state index contributed by atoms with van der Waals surface area (Å²) < 4.78 is 13.3. The average Bonchev–Trinajstić information content (AvgIpc) is 2.52. The minimum absolute atomic E-state index is 0.192. The average molecular weight is 314 g/mol. The van der Waals surface area contributed by atoms with E-state index in [4.69, 9.17) is 0 Å². The van der Waals surface area contributed by atoms with Crippen molar-refractivity contribution in [3.05, 3.63) is 65.2 Å². The molecule has 1 N–H and O–H groups in total. The number of aryl methyl sites for hydroxylation is 1. The molecule has 122 valence electrons. The molecule has 1 saturated heterocycles. The fourth-order valence-electron chi connectivity index (χ4n) is 3.29. The Balaban J connectivity index is 1.58. The lowest BCUT2D eigenvalue weighted by atomic mass is 9.87.